The third-order valence-corrected chi connectivity index (χ3v) is 5.23. The first-order chi connectivity index (χ1) is 15.7. The number of nitrogens with one attached hydrogen (secondary N) is 2. The Morgan fingerprint density at radius 2 is 1.00 bits per heavy atom. The van der Waals surface area contributed by atoms with Crippen LogP contribution in [0.1, 0.15) is 38.5 Å². The van der Waals surface area contributed by atoms with Gasteiger partial charge in [0.05, 0.1) is 21.8 Å². The second-order valence-corrected chi connectivity index (χ2v) is 7.62. The summed E-state index contributed by atoms with van der Waals surface area (Å²) in [6.07, 6.45) is 6.37. The van der Waals surface area contributed by atoms with Crippen LogP contribution in [-0.4, -0.2) is 23.1 Å². The van der Waals surface area contributed by atoms with Crippen LogP contribution in [0.2, 0.25) is 0 Å². The minimum absolute atomic E-state index is 0.272. The number of fused-ring (bicyclic) bond motifs is 2. The lowest BCUT2D eigenvalue weighted by Gasteiger charge is -2.06. The van der Waals surface area contributed by atoms with E-state index in [1.807, 2.05) is 12.1 Å². The Hall–Kier alpha value is -3.68. The first-order valence-corrected chi connectivity index (χ1v) is 11.0. The standard InChI is InChI=1S/C24H26N4O4/c29-21-17-11-5-7-13-19(17)27-23(31-21)25-15-9-3-1-2-4-10-16-26-24-28-20-14-8-6-12-18(20)22(30)32-24/h5-8,11-14H,1-4,9-10,15-16H2,(H,25,27)(H,26,28). The maximum atomic E-state index is 11.9. The van der Waals surface area contributed by atoms with Crippen LogP contribution in [0.15, 0.2) is 67.0 Å². The van der Waals surface area contributed by atoms with Gasteiger partial charge in [-0.15, -0.1) is 0 Å². The van der Waals surface area contributed by atoms with Crippen molar-refractivity contribution in [3.63, 3.8) is 0 Å². The molecule has 0 amide bonds. The Morgan fingerprint density at radius 3 is 1.47 bits per heavy atom. The normalized spacial score (nSPS) is 11.1. The van der Waals surface area contributed by atoms with Crippen molar-refractivity contribution < 1.29 is 8.83 Å². The molecule has 0 saturated heterocycles. The van der Waals surface area contributed by atoms with E-state index in [4.69, 9.17) is 8.83 Å². The zero-order valence-corrected chi connectivity index (χ0v) is 17.8. The fraction of sp³-hybridized carbons (Fsp3) is 0.333. The number of rotatable bonds is 11. The monoisotopic (exact) mass is 434 g/mol. The van der Waals surface area contributed by atoms with Crippen molar-refractivity contribution in [2.24, 2.45) is 0 Å². The molecular weight excluding hydrogens is 408 g/mol. The summed E-state index contributed by atoms with van der Waals surface area (Å²) in [7, 11) is 0. The highest BCUT2D eigenvalue weighted by Crippen LogP contribution is 2.12. The van der Waals surface area contributed by atoms with Crippen molar-refractivity contribution in [2.75, 3.05) is 23.7 Å². The number of anilines is 2. The predicted molar refractivity (Wildman–Crippen MR) is 125 cm³/mol. The van der Waals surface area contributed by atoms with E-state index in [0.29, 0.717) is 34.9 Å². The van der Waals surface area contributed by atoms with E-state index < -0.39 is 0 Å². The van der Waals surface area contributed by atoms with Gasteiger partial charge < -0.3 is 19.5 Å². The molecule has 8 heteroatoms. The largest absolute Gasteiger partial charge is 0.389 e. The molecule has 2 aromatic heterocycles. The SMILES string of the molecule is O=c1oc(NCCCCCCCCNc2nc3ccccc3c(=O)o2)nc2ccccc12. The predicted octanol–water partition coefficient (Wildman–Crippen LogP) is 4.55. The van der Waals surface area contributed by atoms with Gasteiger partial charge in [-0.25, -0.2) is 9.59 Å². The molecule has 166 valence electrons. The summed E-state index contributed by atoms with van der Waals surface area (Å²) in [6.45, 7) is 1.42. The highest BCUT2D eigenvalue weighted by molar-refractivity contribution is 5.78. The maximum Gasteiger partial charge on any atom is 0.348 e. The molecule has 2 N–H and O–H groups in total. The lowest BCUT2D eigenvalue weighted by molar-refractivity contribution is 0.511. The van der Waals surface area contributed by atoms with Gasteiger partial charge in [0.2, 0.25) is 0 Å². The number of hydrogen-bond acceptors (Lipinski definition) is 8. The minimum atomic E-state index is -0.370. The molecule has 4 aromatic rings. The van der Waals surface area contributed by atoms with Crippen LogP contribution >= 0.6 is 0 Å². The average Bonchev–Trinajstić information content (AvgIpc) is 2.80. The van der Waals surface area contributed by atoms with Gasteiger partial charge in [0.15, 0.2) is 0 Å². The summed E-state index contributed by atoms with van der Waals surface area (Å²) in [4.78, 5) is 32.6. The Balaban J connectivity index is 1.09. The molecule has 8 nitrogen and oxygen atoms in total. The quantitative estimate of drug-likeness (QED) is 0.331. The topological polar surface area (TPSA) is 110 Å². The lowest BCUT2D eigenvalue weighted by atomic mass is 10.1. The first-order valence-electron chi connectivity index (χ1n) is 11.0. The molecule has 0 bridgehead atoms. The average molecular weight is 434 g/mol. The van der Waals surface area contributed by atoms with E-state index in [2.05, 4.69) is 20.6 Å². The van der Waals surface area contributed by atoms with Crippen molar-refractivity contribution >= 4 is 33.8 Å². The zero-order valence-electron chi connectivity index (χ0n) is 17.8. The Labute approximate surface area is 184 Å². The molecule has 0 aliphatic heterocycles. The summed E-state index contributed by atoms with van der Waals surface area (Å²) in [6, 6.07) is 14.9. The fourth-order valence-corrected chi connectivity index (χ4v) is 3.54. The van der Waals surface area contributed by atoms with Crippen molar-refractivity contribution in [3.05, 3.63) is 69.4 Å². The number of para-hydroxylation sites is 2. The molecule has 2 aromatic carbocycles. The zero-order chi connectivity index (χ0) is 22.2. The summed E-state index contributed by atoms with van der Waals surface area (Å²) in [5.41, 5.74) is 0.533. The van der Waals surface area contributed by atoms with Gasteiger partial charge in [-0.3, -0.25) is 0 Å². The van der Waals surface area contributed by atoms with Gasteiger partial charge in [0.1, 0.15) is 0 Å². The van der Waals surface area contributed by atoms with Crippen molar-refractivity contribution in [3.8, 4) is 0 Å². The van der Waals surface area contributed by atoms with E-state index in [-0.39, 0.29) is 23.3 Å². The third kappa shape index (κ3) is 5.51. The van der Waals surface area contributed by atoms with Crippen molar-refractivity contribution in [1.82, 2.24) is 9.97 Å². The Kier molecular flexibility index (Phi) is 7.12. The smallest absolute Gasteiger partial charge is 0.348 e. The molecule has 0 aliphatic rings. The molecule has 2 heterocycles. The number of unbranched alkanes of at least 4 members (excludes halogenated alkanes) is 5. The Bertz CT molecular complexity index is 1200. The summed E-state index contributed by atoms with van der Waals surface area (Å²) >= 11 is 0. The lowest BCUT2D eigenvalue weighted by Crippen LogP contribution is -2.09. The van der Waals surface area contributed by atoms with E-state index in [1.54, 1.807) is 36.4 Å². The fourth-order valence-electron chi connectivity index (χ4n) is 3.54. The molecule has 4 rings (SSSR count). The molecule has 0 spiro atoms. The van der Waals surface area contributed by atoms with Crippen LogP contribution in [-0.2, 0) is 0 Å². The molecular formula is C24H26N4O4. The summed E-state index contributed by atoms with van der Waals surface area (Å²) in [5, 5.41) is 7.17. The van der Waals surface area contributed by atoms with Crippen LogP contribution in [0.3, 0.4) is 0 Å². The molecule has 0 unspecified atom stereocenters. The number of hydrogen-bond donors (Lipinski definition) is 2. The number of aromatic nitrogens is 2. The van der Waals surface area contributed by atoms with E-state index in [0.717, 1.165) is 38.5 Å². The number of benzene rings is 2. The third-order valence-electron chi connectivity index (χ3n) is 5.23. The second kappa shape index (κ2) is 10.6. The molecule has 0 fully saturated rings. The first kappa shape index (κ1) is 21.5. The van der Waals surface area contributed by atoms with Gasteiger partial charge in [0.25, 0.3) is 12.0 Å². The molecule has 0 aliphatic carbocycles. The van der Waals surface area contributed by atoms with Crippen LogP contribution in [0.5, 0.6) is 0 Å². The van der Waals surface area contributed by atoms with Gasteiger partial charge in [-0.2, -0.15) is 9.97 Å². The van der Waals surface area contributed by atoms with Crippen molar-refractivity contribution in [1.29, 1.82) is 0 Å². The second-order valence-electron chi connectivity index (χ2n) is 7.62. The van der Waals surface area contributed by atoms with Crippen molar-refractivity contribution in [2.45, 2.75) is 38.5 Å². The maximum absolute atomic E-state index is 11.9. The minimum Gasteiger partial charge on any atom is -0.389 e. The van der Waals surface area contributed by atoms with Gasteiger partial charge in [-0.05, 0) is 37.1 Å². The molecule has 0 radical (unpaired) electrons. The van der Waals surface area contributed by atoms with Crippen LogP contribution in [0.25, 0.3) is 21.8 Å². The van der Waals surface area contributed by atoms with Crippen LogP contribution < -0.4 is 21.9 Å². The molecule has 32 heavy (non-hydrogen) atoms. The Morgan fingerprint density at radius 1 is 0.594 bits per heavy atom. The molecule has 0 atom stereocenters. The number of nitrogens with zero attached hydrogens (tertiary/aromatic N) is 2. The van der Waals surface area contributed by atoms with E-state index in [1.165, 1.54) is 0 Å². The van der Waals surface area contributed by atoms with Gasteiger partial charge in [-0.1, -0.05) is 49.9 Å². The highest BCUT2D eigenvalue weighted by Gasteiger charge is 2.06. The van der Waals surface area contributed by atoms with Crippen LogP contribution in [0, 0.1) is 0 Å². The van der Waals surface area contributed by atoms with E-state index in [9.17, 15) is 9.59 Å². The van der Waals surface area contributed by atoms with Gasteiger partial charge in [0, 0.05) is 13.1 Å². The summed E-state index contributed by atoms with van der Waals surface area (Å²) < 4.78 is 10.4. The summed E-state index contributed by atoms with van der Waals surface area (Å²) in [5.74, 6) is 0. The highest BCUT2D eigenvalue weighted by atomic mass is 16.4. The van der Waals surface area contributed by atoms with Crippen LogP contribution in [0.4, 0.5) is 12.0 Å². The van der Waals surface area contributed by atoms with Gasteiger partial charge >= 0.3 is 11.3 Å². The van der Waals surface area contributed by atoms with E-state index >= 15 is 0 Å². The molecule has 0 saturated carbocycles.